The summed E-state index contributed by atoms with van der Waals surface area (Å²) >= 11 is 0. The highest BCUT2D eigenvalue weighted by molar-refractivity contribution is 5.37. The number of benzene rings is 1. The molecule has 0 nitrogen and oxygen atoms in total. The molecule has 2 unspecified atom stereocenters. The maximum Gasteiger partial charge on any atom is 0.00585 e. The molecular formula is C23H32. The molecule has 124 valence electrons. The van der Waals surface area contributed by atoms with Crippen molar-refractivity contribution in [3.63, 3.8) is 0 Å². The Morgan fingerprint density at radius 1 is 1.17 bits per heavy atom. The van der Waals surface area contributed by atoms with E-state index in [4.69, 9.17) is 0 Å². The first-order valence-corrected chi connectivity index (χ1v) is 9.14. The Kier molecular flexibility index (Phi) is 6.89. The van der Waals surface area contributed by atoms with Crippen LogP contribution in [0.25, 0.3) is 0 Å². The summed E-state index contributed by atoms with van der Waals surface area (Å²) in [5.41, 5.74) is 5.96. The highest BCUT2D eigenvalue weighted by Gasteiger charge is 2.16. The van der Waals surface area contributed by atoms with Crippen LogP contribution in [-0.4, -0.2) is 0 Å². The largest absolute Gasteiger partial charge is 0.0917 e. The van der Waals surface area contributed by atoms with Crippen molar-refractivity contribution in [1.29, 1.82) is 0 Å². The van der Waals surface area contributed by atoms with Crippen molar-refractivity contribution in [2.75, 3.05) is 0 Å². The molecular weight excluding hydrogens is 276 g/mol. The summed E-state index contributed by atoms with van der Waals surface area (Å²) in [4.78, 5) is 0. The SMILES string of the molecule is CC=CCC(C)CCCC1=C(C)C=CC(c2ccc(C)cc2)C1. The lowest BCUT2D eigenvalue weighted by Crippen LogP contribution is -2.04. The highest BCUT2D eigenvalue weighted by atomic mass is 14.2. The second-order valence-electron chi connectivity index (χ2n) is 7.17. The molecule has 0 aliphatic heterocycles. The van der Waals surface area contributed by atoms with Gasteiger partial charge in [-0.3, -0.25) is 0 Å². The predicted octanol–water partition coefficient (Wildman–Crippen LogP) is 7.13. The van der Waals surface area contributed by atoms with Crippen LogP contribution in [0.5, 0.6) is 0 Å². The van der Waals surface area contributed by atoms with E-state index in [0.717, 1.165) is 5.92 Å². The molecule has 0 heterocycles. The van der Waals surface area contributed by atoms with E-state index in [1.807, 2.05) is 0 Å². The van der Waals surface area contributed by atoms with Crippen molar-refractivity contribution >= 4 is 0 Å². The van der Waals surface area contributed by atoms with Crippen molar-refractivity contribution in [2.45, 2.75) is 65.7 Å². The van der Waals surface area contributed by atoms with E-state index in [-0.39, 0.29) is 0 Å². The second kappa shape index (κ2) is 8.91. The molecule has 0 N–H and O–H groups in total. The normalized spacial score (nSPS) is 19.6. The minimum Gasteiger partial charge on any atom is -0.0917 e. The third-order valence-electron chi connectivity index (χ3n) is 5.06. The second-order valence-corrected chi connectivity index (χ2v) is 7.17. The maximum atomic E-state index is 2.39. The fourth-order valence-electron chi connectivity index (χ4n) is 3.36. The Morgan fingerprint density at radius 2 is 1.91 bits per heavy atom. The number of rotatable bonds is 7. The Hall–Kier alpha value is -1.56. The Morgan fingerprint density at radius 3 is 2.61 bits per heavy atom. The minimum absolute atomic E-state index is 0.565. The van der Waals surface area contributed by atoms with E-state index in [1.165, 1.54) is 48.8 Å². The summed E-state index contributed by atoms with van der Waals surface area (Å²) in [5, 5.41) is 0. The fraction of sp³-hybridized carbons (Fsp3) is 0.478. The van der Waals surface area contributed by atoms with E-state index < -0.39 is 0 Å². The van der Waals surface area contributed by atoms with Crippen LogP contribution in [0, 0.1) is 12.8 Å². The fourth-order valence-corrected chi connectivity index (χ4v) is 3.36. The van der Waals surface area contributed by atoms with Crippen molar-refractivity contribution in [2.24, 2.45) is 5.92 Å². The molecule has 0 spiro atoms. The molecule has 1 aliphatic carbocycles. The van der Waals surface area contributed by atoms with E-state index in [2.05, 4.69) is 76.3 Å². The topological polar surface area (TPSA) is 0 Å². The van der Waals surface area contributed by atoms with Crippen molar-refractivity contribution in [3.05, 3.63) is 70.8 Å². The van der Waals surface area contributed by atoms with Gasteiger partial charge in [-0.25, -0.2) is 0 Å². The Bertz CT molecular complexity index is 569. The van der Waals surface area contributed by atoms with Gasteiger partial charge < -0.3 is 0 Å². The summed E-state index contributed by atoms with van der Waals surface area (Å²) < 4.78 is 0. The molecule has 0 saturated heterocycles. The van der Waals surface area contributed by atoms with Gasteiger partial charge in [0.1, 0.15) is 0 Å². The van der Waals surface area contributed by atoms with Crippen LogP contribution in [0.2, 0.25) is 0 Å². The lowest BCUT2D eigenvalue weighted by atomic mass is 9.83. The van der Waals surface area contributed by atoms with Crippen LogP contribution < -0.4 is 0 Å². The smallest absolute Gasteiger partial charge is 0.00585 e. The zero-order valence-electron chi connectivity index (χ0n) is 15.3. The van der Waals surface area contributed by atoms with Crippen LogP contribution in [0.1, 0.15) is 69.9 Å². The summed E-state index contributed by atoms with van der Waals surface area (Å²) in [5.74, 6) is 1.37. The molecule has 0 radical (unpaired) electrons. The molecule has 2 atom stereocenters. The van der Waals surface area contributed by atoms with Gasteiger partial charge in [0, 0.05) is 5.92 Å². The molecule has 1 aromatic carbocycles. The lowest BCUT2D eigenvalue weighted by Gasteiger charge is -2.22. The lowest BCUT2D eigenvalue weighted by molar-refractivity contribution is 0.511. The van der Waals surface area contributed by atoms with Crippen LogP contribution in [0.15, 0.2) is 59.7 Å². The molecule has 0 amide bonds. The van der Waals surface area contributed by atoms with Gasteiger partial charge in [-0.2, -0.15) is 0 Å². The quantitative estimate of drug-likeness (QED) is 0.470. The highest BCUT2D eigenvalue weighted by Crippen LogP contribution is 2.34. The Balaban J connectivity index is 1.89. The van der Waals surface area contributed by atoms with Crippen LogP contribution in [0.4, 0.5) is 0 Å². The third kappa shape index (κ3) is 5.53. The zero-order valence-corrected chi connectivity index (χ0v) is 15.3. The third-order valence-corrected chi connectivity index (χ3v) is 5.06. The minimum atomic E-state index is 0.565. The first-order chi connectivity index (χ1) is 11.1. The standard InChI is InChI=1S/C23H32/c1-5-6-8-18(2)9-7-10-22-17-23(16-13-20(22)4)21-14-11-19(3)12-15-21/h5-6,11-16,18,23H,7-10,17H2,1-4H3. The first kappa shape index (κ1) is 17.8. The monoisotopic (exact) mass is 308 g/mol. The number of allylic oxidation sites excluding steroid dienone is 6. The summed E-state index contributed by atoms with van der Waals surface area (Å²) in [6.45, 7) is 8.92. The Labute approximate surface area is 143 Å². The van der Waals surface area contributed by atoms with Gasteiger partial charge in [-0.05, 0) is 57.9 Å². The number of hydrogen-bond acceptors (Lipinski definition) is 0. The van der Waals surface area contributed by atoms with Crippen molar-refractivity contribution in [3.8, 4) is 0 Å². The predicted molar refractivity (Wildman–Crippen MR) is 103 cm³/mol. The molecule has 1 aromatic rings. The molecule has 0 aromatic heterocycles. The first-order valence-electron chi connectivity index (χ1n) is 9.14. The summed E-state index contributed by atoms with van der Waals surface area (Å²) in [6.07, 6.45) is 15.5. The van der Waals surface area contributed by atoms with Gasteiger partial charge in [0.15, 0.2) is 0 Å². The average Bonchev–Trinajstić information content (AvgIpc) is 2.55. The van der Waals surface area contributed by atoms with Crippen LogP contribution >= 0.6 is 0 Å². The van der Waals surface area contributed by atoms with E-state index in [0.29, 0.717) is 5.92 Å². The van der Waals surface area contributed by atoms with Gasteiger partial charge in [0.2, 0.25) is 0 Å². The molecule has 0 bridgehead atoms. The summed E-state index contributed by atoms with van der Waals surface area (Å²) in [7, 11) is 0. The molecule has 23 heavy (non-hydrogen) atoms. The maximum absolute atomic E-state index is 2.39. The number of aryl methyl sites for hydroxylation is 1. The van der Waals surface area contributed by atoms with E-state index in [9.17, 15) is 0 Å². The molecule has 0 fully saturated rings. The van der Waals surface area contributed by atoms with Gasteiger partial charge in [-0.15, -0.1) is 0 Å². The summed E-state index contributed by atoms with van der Waals surface area (Å²) in [6, 6.07) is 9.05. The van der Waals surface area contributed by atoms with Gasteiger partial charge in [0.05, 0.1) is 0 Å². The molecule has 0 heteroatoms. The van der Waals surface area contributed by atoms with Crippen LogP contribution in [0.3, 0.4) is 0 Å². The average molecular weight is 309 g/mol. The zero-order chi connectivity index (χ0) is 16.7. The molecule has 1 aliphatic rings. The van der Waals surface area contributed by atoms with E-state index in [1.54, 1.807) is 5.57 Å². The van der Waals surface area contributed by atoms with Gasteiger partial charge >= 0.3 is 0 Å². The van der Waals surface area contributed by atoms with Gasteiger partial charge in [-0.1, -0.05) is 78.6 Å². The van der Waals surface area contributed by atoms with Crippen molar-refractivity contribution < 1.29 is 0 Å². The van der Waals surface area contributed by atoms with Crippen LogP contribution in [-0.2, 0) is 0 Å². The van der Waals surface area contributed by atoms with Gasteiger partial charge in [0.25, 0.3) is 0 Å². The molecule has 2 rings (SSSR count). The van der Waals surface area contributed by atoms with Crippen molar-refractivity contribution in [1.82, 2.24) is 0 Å². The molecule has 0 saturated carbocycles. The number of hydrogen-bond donors (Lipinski definition) is 0. The van der Waals surface area contributed by atoms with E-state index >= 15 is 0 Å².